The summed E-state index contributed by atoms with van der Waals surface area (Å²) < 4.78 is 5.54. The molecule has 0 spiro atoms. The largest absolute Gasteiger partial charge is 0.496 e. The van der Waals surface area contributed by atoms with Crippen LogP contribution in [-0.2, 0) is 17.9 Å². The Morgan fingerprint density at radius 2 is 2.00 bits per heavy atom. The quantitative estimate of drug-likeness (QED) is 0.422. The van der Waals surface area contributed by atoms with E-state index in [2.05, 4.69) is 44.1 Å². The molecular formula is C25H32N8O2. The second kappa shape index (κ2) is 9.83. The van der Waals surface area contributed by atoms with E-state index in [4.69, 9.17) is 10.5 Å². The van der Waals surface area contributed by atoms with Crippen LogP contribution in [0.3, 0.4) is 0 Å². The summed E-state index contributed by atoms with van der Waals surface area (Å²) in [5, 5.41) is 3.37. The first kappa shape index (κ1) is 24.3. The molecule has 4 N–H and O–H groups in total. The fraction of sp³-hybridized carbons (Fsp3) is 0.400. The van der Waals surface area contributed by atoms with Gasteiger partial charge in [-0.2, -0.15) is 4.98 Å². The molecule has 10 heteroatoms. The molecule has 0 aromatic carbocycles. The number of rotatable bonds is 8. The summed E-state index contributed by atoms with van der Waals surface area (Å²) in [6, 6.07) is 0. The first-order valence-corrected chi connectivity index (χ1v) is 11.6. The van der Waals surface area contributed by atoms with Crippen molar-refractivity contribution in [1.82, 2.24) is 30.2 Å². The number of imidazole rings is 1. The summed E-state index contributed by atoms with van der Waals surface area (Å²) in [5.74, 6) is 2.27. The van der Waals surface area contributed by atoms with Crippen LogP contribution in [-0.4, -0.2) is 44.5 Å². The molecular weight excluding hydrogens is 444 g/mol. The molecule has 1 aliphatic heterocycles. The van der Waals surface area contributed by atoms with Crippen molar-refractivity contribution in [2.24, 2.45) is 5.92 Å². The number of nitrogens with one attached hydrogen (secondary N) is 2. The zero-order chi connectivity index (χ0) is 25.3. The fourth-order valence-corrected chi connectivity index (χ4v) is 4.27. The van der Waals surface area contributed by atoms with E-state index in [9.17, 15) is 4.79 Å². The van der Waals surface area contributed by atoms with Crippen molar-refractivity contribution >= 4 is 29.3 Å². The number of nitrogens with zero attached hydrogens (tertiary/aromatic N) is 5. The van der Waals surface area contributed by atoms with E-state index in [1.165, 1.54) is 0 Å². The fourth-order valence-electron chi connectivity index (χ4n) is 4.27. The van der Waals surface area contributed by atoms with E-state index < -0.39 is 0 Å². The van der Waals surface area contributed by atoms with Gasteiger partial charge in [0.1, 0.15) is 17.4 Å². The van der Waals surface area contributed by atoms with Gasteiger partial charge in [0, 0.05) is 30.1 Å². The molecule has 1 amide bonds. The van der Waals surface area contributed by atoms with Crippen molar-refractivity contribution in [3.63, 3.8) is 0 Å². The number of carbonyl (C=O) groups is 1. The second-order valence-corrected chi connectivity index (χ2v) is 9.16. The van der Waals surface area contributed by atoms with Gasteiger partial charge in [-0.05, 0) is 39.3 Å². The first-order chi connectivity index (χ1) is 16.7. The van der Waals surface area contributed by atoms with Gasteiger partial charge in [-0.3, -0.25) is 14.7 Å². The van der Waals surface area contributed by atoms with E-state index in [1.807, 2.05) is 27.0 Å². The maximum Gasteiger partial charge on any atom is 0.260 e. The number of aromatic amines is 1. The molecule has 0 unspecified atom stereocenters. The van der Waals surface area contributed by atoms with Crippen LogP contribution in [0.25, 0.3) is 11.6 Å². The van der Waals surface area contributed by atoms with Crippen molar-refractivity contribution in [3.05, 3.63) is 52.0 Å². The average molecular weight is 477 g/mol. The molecule has 3 aromatic heterocycles. The highest BCUT2D eigenvalue weighted by Crippen LogP contribution is 2.39. The van der Waals surface area contributed by atoms with E-state index in [-0.39, 0.29) is 18.4 Å². The zero-order valence-corrected chi connectivity index (χ0v) is 21.1. The third-order valence-corrected chi connectivity index (χ3v) is 5.94. The van der Waals surface area contributed by atoms with Gasteiger partial charge in [0.05, 0.1) is 41.9 Å². The standard InChI is InChI=1S/C25H32N8O2/c1-13(2)8-27-10-17-11-29-20(31-17)7-18-21-16(5)30-25(26)32-23(21)33(24(18)34)12-19-15(4)22(35-6)14(3)9-28-19/h7,9,11,13,27H,8,10,12H2,1-6H3,(H,29,31)(H2,26,30,32)/b18-7-. The van der Waals surface area contributed by atoms with Gasteiger partial charge >= 0.3 is 0 Å². The third-order valence-electron chi connectivity index (χ3n) is 5.94. The highest BCUT2D eigenvalue weighted by Gasteiger charge is 2.37. The number of hydrogen-bond acceptors (Lipinski definition) is 8. The van der Waals surface area contributed by atoms with E-state index >= 15 is 0 Å². The Hall–Kier alpha value is -3.79. The van der Waals surface area contributed by atoms with Crippen LogP contribution in [0.2, 0.25) is 0 Å². The Bertz CT molecular complexity index is 1290. The number of pyridine rings is 1. The predicted molar refractivity (Wildman–Crippen MR) is 136 cm³/mol. The molecule has 1 aliphatic rings. The lowest BCUT2D eigenvalue weighted by Gasteiger charge is -2.19. The van der Waals surface area contributed by atoms with Gasteiger partial charge < -0.3 is 20.8 Å². The van der Waals surface area contributed by atoms with Crippen LogP contribution < -0.4 is 20.7 Å². The molecule has 0 fully saturated rings. The normalized spacial score (nSPS) is 14.3. The Morgan fingerprint density at radius 3 is 2.71 bits per heavy atom. The molecule has 0 saturated heterocycles. The molecule has 3 aromatic rings. The Kier molecular flexibility index (Phi) is 6.83. The van der Waals surface area contributed by atoms with Crippen LogP contribution in [0.1, 0.15) is 53.4 Å². The minimum atomic E-state index is -0.209. The van der Waals surface area contributed by atoms with Gasteiger partial charge in [0.25, 0.3) is 5.91 Å². The van der Waals surface area contributed by atoms with Crippen LogP contribution in [0.15, 0.2) is 12.4 Å². The maximum atomic E-state index is 13.7. The van der Waals surface area contributed by atoms with Crippen LogP contribution in [0.4, 0.5) is 11.8 Å². The smallest absolute Gasteiger partial charge is 0.260 e. The molecule has 0 aliphatic carbocycles. The highest BCUT2D eigenvalue weighted by molar-refractivity contribution is 6.35. The molecule has 0 radical (unpaired) electrons. The first-order valence-electron chi connectivity index (χ1n) is 11.6. The van der Waals surface area contributed by atoms with Gasteiger partial charge in [-0.25, -0.2) is 9.97 Å². The minimum absolute atomic E-state index is 0.114. The lowest BCUT2D eigenvalue weighted by atomic mass is 10.1. The van der Waals surface area contributed by atoms with Crippen LogP contribution in [0.5, 0.6) is 5.75 Å². The summed E-state index contributed by atoms with van der Waals surface area (Å²) in [4.78, 5) is 36.3. The predicted octanol–water partition coefficient (Wildman–Crippen LogP) is 2.94. The number of nitrogen functional groups attached to an aromatic ring is 1. The molecule has 35 heavy (non-hydrogen) atoms. The Morgan fingerprint density at radius 1 is 1.23 bits per heavy atom. The minimum Gasteiger partial charge on any atom is -0.496 e. The second-order valence-electron chi connectivity index (χ2n) is 9.16. The molecule has 0 atom stereocenters. The van der Waals surface area contributed by atoms with Crippen LogP contribution in [0, 0.1) is 26.7 Å². The number of nitrogens with two attached hydrogens (primary N) is 1. The number of methoxy groups -OCH3 is 1. The number of ether oxygens (including phenoxy) is 1. The number of fused-ring (bicyclic) bond motifs is 1. The lowest BCUT2D eigenvalue weighted by Crippen LogP contribution is -2.27. The summed E-state index contributed by atoms with van der Waals surface area (Å²) in [7, 11) is 1.63. The molecule has 184 valence electrons. The van der Waals surface area contributed by atoms with Crippen molar-refractivity contribution in [2.75, 3.05) is 24.3 Å². The van der Waals surface area contributed by atoms with Crippen molar-refractivity contribution in [1.29, 1.82) is 0 Å². The number of aromatic nitrogens is 5. The van der Waals surface area contributed by atoms with Gasteiger partial charge in [-0.1, -0.05) is 13.8 Å². The average Bonchev–Trinajstić information content (AvgIpc) is 3.33. The van der Waals surface area contributed by atoms with Crippen molar-refractivity contribution < 1.29 is 9.53 Å². The Balaban J connectivity index is 1.69. The van der Waals surface area contributed by atoms with Crippen molar-refractivity contribution in [2.45, 2.75) is 47.7 Å². The number of H-pyrrole nitrogens is 1. The van der Waals surface area contributed by atoms with Crippen molar-refractivity contribution in [3.8, 4) is 5.75 Å². The van der Waals surface area contributed by atoms with Gasteiger partial charge in [0.15, 0.2) is 0 Å². The van der Waals surface area contributed by atoms with E-state index in [0.717, 1.165) is 34.8 Å². The molecule has 4 heterocycles. The number of carbonyl (C=O) groups excluding carboxylic acids is 1. The summed E-state index contributed by atoms with van der Waals surface area (Å²) in [6.07, 6.45) is 5.34. The SMILES string of the molecule is COc1c(C)cnc(CN2C(=O)/C(=C\c3nc(CNCC(C)C)c[nH]3)c3c(C)nc(N)nc32)c1C. The Labute approximate surface area is 205 Å². The van der Waals surface area contributed by atoms with E-state index in [0.29, 0.717) is 40.9 Å². The number of anilines is 2. The highest BCUT2D eigenvalue weighted by atomic mass is 16.5. The molecule has 0 saturated carbocycles. The summed E-state index contributed by atoms with van der Waals surface area (Å²) in [6.45, 7) is 11.8. The number of hydrogen-bond donors (Lipinski definition) is 3. The summed E-state index contributed by atoms with van der Waals surface area (Å²) in [5.41, 5.74) is 11.1. The van der Waals surface area contributed by atoms with Gasteiger partial charge in [0.2, 0.25) is 5.95 Å². The zero-order valence-electron chi connectivity index (χ0n) is 21.1. The maximum absolute atomic E-state index is 13.7. The molecule has 10 nitrogen and oxygen atoms in total. The number of amides is 1. The monoisotopic (exact) mass is 476 g/mol. The molecule has 0 bridgehead atoms. The van der Waals surface area contributed by atoms with E-state index in [1.54, 1.807) is 24.3 Å². The topological polar surface area (TPSA) is 135 Å². The number of aryl methyl sites for hydroxylation is 2. The molecule has 4 rings (SSSR count). The third kappa shape index (κ3) is 4.88. The van der Waals surface area contributed by atoms with Gasteiger partial charge in [-0.15, -0.1) is 0 Å². The van der Waals surface area contributed by atoms with Crippen LogP contribution >= 0.6 is 0 Å². The summed E-state index contributed by atoms with van der Waals surface area (Å²) >= 11 is 0. The lowest BCUT2D eigenvalue weighted by molar-refractivity contribution is -0.113.